The molecule has 0 saturated carbocycles. The lowest BCUT2D eigenvalue weighted by Crippen LogP contribution is -1.94. The van der Waals surface area contributed by atoms with Gasteiger partial charge in [-0.15, -0.1) is 0 Å². The highest BCUT2D eigenvalue weighted by Crippen LogP contribution is 2.20. The van der Waals surface area contributed by atoms with Crippen molar-refractivity contribution in [3.8, 4) is 5.88 Å². The number of benzene rings is 2. The molecule has 0 aliphatic rings. The number of rotatable bonds is 3. The van der Waals surface area contributed by atoms with Crippen molar-refractivity contribution in [2.75, 3.05) is 0 Å². The molecule has 0 aliphatic carbocycles. The summed E-state index contributed by atoms with van der Waals surface area (Å²) in [4.78, 5) is 3.24. The maximum atomic E-state index is 5.72. The zero-order valence-corrected chi connectivity index (χ0v) is 9.39. The minimum absolute atomic E-state index is 0.591. The molecule has 17 heavy (non-hydrogen) atoms. The van der Waals surface area contributed by atoms with E-state index in [2.05, 4.69) is 23.2 Å². The van der Waals surface area contributed by atoms with Gasteiger partial charge in [0, 0.05) is 17.0 Å². The number of fused-ring (bicyclic) bond motifs is 1. The zero-order chi connectivity index (χ0) is 11.5. The Labute approximate surface area is 99.9 Å². The number of H-pyrrole nitrogens is 1. The van der Waals surface area contributed by atoms with Crippen molar-refractivity contribution in [1.29, 1.82) is 0 Å². The van der Waals surface area contributed by atoms with Gasteiger partial charge < -0.3 is 9.72 Å². The summed E-state index contributed by atoms with van der Waals surface area (Å²) in [5, 5.41) is 1.18. The van der Waals surface area contributed by atoms with E-state index in [0.717, 1.165) is 11.4 Å². The lowest BCUT2D eigenvalue weighted by Gasteiger charge is -2.02. The van der Waals surface area contributed by atoms with Gasteiger partial charge in [0.15, 0.2) is 5.88 Å². The molecule has 1 N–H and O–H groups in total. The van der Waals surface area contributed by atoms with Crippen LogP contribution in [0.4, 0.5) is 0 Å². The second kappa shape index (κ2) is 4.34. The molecule has 1 aromatic heterocycles. The molecule has 0 amide bonds. The van der Waals surface area contributed by atoms with Crippen LogP contribution in [-0.4, -0.2) is 4.98 Å². The van der Waals surface area contributed by atoms with Gasteiger partial charge in [0.25, 0.3) is 0 Å². The van der Waals surface area contributed by atoms with Gasteiger partial charge in [-0.3, -0.25) is 0 Å². The number of nitrogens with one attached hydrogen (secondary N) is 1. The lowest BCUT2D eigenvalue weighted by atomic mass is 10.2. The van der Waals surface area contributed by atoms with E-state index >= 15 is 0 Å². The zero-order valence-electron chi connectivity index (χ0n) is 9.39. The summed E-state index contributed by atoms with van der Waals surface area (Å²) in [6, 6.07) is 20.3. The van der Waals surface area contributed by atoms with Gasteiger partial charge in [-0.1, -0.05) is 48.5 Å². The first-order valence-corrected chi connectivity index (χ1v) is 5.66. The molecule has 0 saturated heterocycles. The molecule has 0 bridgehead atoms. The second-order valence-corrected chi connectivity index (χ2v) is 4.00. The van der Waals surface area contributed by atoms with Crippen molar-refractivity contribution >= 4 is 10.9 Å². The van der Waals surface area contributed by atoms with Gasteiger partial charge in [-0.2, -0.15) is 0 Å². The van der Waals surface area contributed by atoms with Gasteiger partial charge in [-0.25, -0.2) is 0 Å². The van der Waals surface area contributed by atoms with E-state index in [0.29, 0.717) is 6.61 Å². The van der Waals surface area contributed by atoms with Crippen LogP contribution in [0.15, 0.2) is 60.7 Å². The smallest absolute Gasteiger partial charge is 0.192 e. The Balaban J connectivity index is 1.77. The highest BCUT2D eigenvalue weighted by molar-refractivity contribution is 5.81. The van der Waals surface area contributed by atoms with E-state index in [-0.39, 0.29) is 0 Å². The summed E-state index contributed by atoms with van der Waals surface area (Å²) in [5.74, 6) is 0.815. The normalized spacial score (nSPS) is 10.6. The molecule has 0 atom stereocenters. The number of aromatic nitrogens is 1. The third kappa shape index (κ3) is 2.16. The van der Waals surface area contributed by atoms with Crippen molar-refractivity contribution in [3.63, 3.8) is 0 Å². The van der Waals surface area contributed by atoms with Crippen LogP contribution >= 0.6 is 0 Å². The summed E-state index contributed by atoms with van der Waals surface area (Å²) in [7, 11) is 0. The number of aromatic amines is 1. The number of ether oxygens (including phenoxy) is 1. The monoisotopic (exact) mass is 223 g/mol. The molecule has 3 aromatic rings. The first-order chi connectivity index (χ1) is 8.42. The van der Waals surface area contributed by atoms with E-state index in [1.54, 1.807) is 0 Å². The average Bonchev–Trinajstić information content (AvgIpc) is 2.80. The molecule has 0 unspecified atom stereocenters. The maximum absolute atomic E-state index is 5.72. The molecule has 2 nitrogen and oxygen atoms in total. The van der Waals surface area contributed by atoms with Crippen LogP contribution in [0.25, 0.3) is 10.9 Å². The molecule has 2 heteroatoms. The minimum atomic E-state index is 0.591. The minimum Gasteiger partial charge on any atom is -0.474 e. The van der Waals surface area contributed by atoms with Crippen LogP contribution in [0.5, 0.6) is 5.88 Å². The topological polar surface area (TPSA) is 25.0 Å². The van der Waals surface area contributed by atoms with E-state index in [1.165, 1.54) is 10.9 Å². The van der Waals surface area contributed by atoms with E-state index in [4.69, 9.17) is 4.74 Å². The second-order valence-electron chi connectivity index (χ2n) is 4.00. The Bertz CT molecular complexity index is 580. The largest absolute Gasteiger partial charge is 0.474 e. The third-order valence-electron chi connectivity index (χ3n) is 2.74. The SMILES string of the molecule is c1ccc(COc2cc3ccccc3[nH]2)cc1. The Morgan fingerprint density at radius 1 is 0.882 bits per heavy atom. The molecular formula is C15H13NO. The van der Waals surface area contributed by atoms with E-state index in [1.807, 2.05) is 42.5 Å². The fraction of sp³-hybridized carbons (Fsp3) is 0.0667. The van der Waals surface area contributed by atoms with Crippen molar-refractivity contribution in [2.24, 2.45) is 0 Å². The molecule has 84 valence electrons. The highest BCUT2D eigenvalue weighted by atomic mass is 16.5. The van der Waals surface area contributed by atoms with Crippen molar-refractivity contribution in [1.82, 2.24) is 4.98 Å². The van der Waals surface area contributed by atoms with Crippen molar-refractivity contribution < 1.29 is 4.74 Å². The molecule has 1 heterocycles. The van der Waals surface area contributed by atoms with Gasteiger partial charge in [0.2, 0.25) is 0 Å². The Hall–Kier alpha value is -2.22. The number of hydrogen-bond acceptors (Lipinski definition) is 1. The summed E-state index contributed by atoms with van der Waals surface area (Å²) in [6.45, 7) is 0.591. The average molecular weight is 223 g/mol. The van der Waals surface area contributed by atoms with Crippen LogP contribution < -0.4 is 4.74 Å². The molecule has 3 rings (SSSR count). The fourth-order valence-corrected chi connectivity index (χ4v) is 1.86. The molecule has 0 spiro atoms. The molecular weight excluding hydrogens is 210 g/mol. The van der Waals surface area contributed by atoms with E-state index < -0.39 is 0 Å². The Kier molecular flexibility index (Phi) is 2.54. The van der Waals surface area contributed by atoms with Gasteiger partial charge in [0.05, 0.1) is 0 Å². The Morgan fingerprint density at radius 3 is 2.47 bits per heavy atom. The predicted octanol–water partition coefficient (Wildman–Crippen LogP) is 3.75. The van der Waals surface area contributed by atoms with Gasteiger partial charge in [-0.05, 0) is 11.6 Å². The molecule has 0 fully saturated rings. The fourth-order valence-electron chi connectivity index (χ4n) is 1.86. The van der Waals surface area contributed by atoms with Crippen LogP contribution in [0.2, 0.25) is 0 Å². The number of para-hydroxylation sites is 1. The first kappa shape index (κ1) is 9.97. The van der Waals surface area contributed by atoms with Crippen LogP contribution in [0.1, 0.15) is 5.56 Å². The molecule has 0 radical (unpaired) electrons. The quantitative estimate of drug-likeness (QED) is 0.718. The summed E-state index contributed by atoms with van der Waals surface area (Å²) >= 11 is 0. The van der Waals surface area contributed by atoms with E-state index in [9.17, 15) is 0 Å². The van der Waals surface area contributed by atoms with Crippen LogP contribution in [0, 0.1) is 0 Å². The van der Waals surface area contributed by atoms with Crippen LogP contribution in [-0.2, 0) is 6.61 Å². The predicted molar refractivity (Wildman–Crippen MR) is 69.1 cm³/mol. The summed E-state index contributed by atoms with van der Waals surface area (Å²) in [6.07, 6.45) is 0. The molecule has 0 aliphatic heterocycles. The van der Waals surface area contributed by atoms with Gasteiger partial charge in [0.1, 0.15) is 6.61 Å². The third-order valence-corrected chi connectivity index (χ3v) is 2.74. The van der Waals surface area contributed by atoms with Crippen molar-refractivity contribution in [2.45, 2.75) is 6.61 Å². The number of hydrogen-bond donors (Lipinski definition) is 1. The van der Waals surface area contributed by atoms with Crippen LogP contribution in [0.3, 0.4) is 0 Å². The molecule has 2 aromatic carbocycles. The lowest BCUT2D eigenvalue weighted by molar-refractivity contribution is 0.296. The highest BCUT2D eigenvalue weighted by Gasteiger charge is 2.00. The summed E-state index contributed by atoms with van der Waals surface area (Å²) in [5.41, 5.74) is 2.28. The van der Waals surface area contributed by atoms with Crippen molar-refractivity contribution in [3.05, 3.63) is 66.2 Å². The Morgan fingerprint density at radius 2 is 1.65 bits per heavy atom. The summed E-state index contributed by atoms with van der Waals surface area (Å²) < 4.78 is 5.72. The standard InChI is InChI=1S/C15H13NO/c1-2-6-12(7-3-1)11-17-15-10-13-8-4-5-9-14(13)16-15/h1-10,16H,11H2. The first-order valence-electron chi connectivity index (χ1n) is 5.66. The van der Waals surface area contributed by atoms with Gasteiger partial charge >= 0.3 is 0 Å². The maximum Gasteiger partial charge on any atom is 0.192 e.